The first-order chi connectivity index (χ1) is 7.22. The fourth-order valence-electron chi connectivity index (χ4n) is 1.87. The summed E-state index contributed by atoms with van der Waals surface area (Å²) in [6, 6.07) is 4.61. The van der Waals surface area contributed by atoms with Crippen LogP contribution < -0.4 is 10.6 Å². The molecule has 1 aliphatic rings. The number of nitrogen functional groups attached to an aromatic ring is 1. The SMILES string of the molecule is CCCN(c1nc(C)ccc1N)C1CC1. The lowest BCUT2D eigenvalue weighted by Crippen LogP contribution is -2.28. The fraction of sp³-hybridized carbons (Fsp3) is 0.583. The summed E-state index contributed by atoms with van der Waals surface area (Å²) in [4.78, 5) is 6.92. The second-order valence-electron chi connectivity index (χ2n) is 4.29. The number of aryl methyl sites for hydroxylation is 1. The van der Waals surface area contributed by atoms with Crippen LogP contribution in [0.25, 0.3) is 0 Å². The molecule has 0 unspecified atom stereocenters. The standard InChI is InChI=1S/C12H19N3/c1-3-8-15(10-5-6-10)12-11(13)7-4-9(2)14-12/h4,7,10H,3,5-6,8,13H2,1-2H3. The molecule has 3 nitrogen and oxygen atoms in total. The number of nitrogens with two attached hydrogens (primary N) is 1. The molecule has 1 aromatic rings. The first-order valence-corrected chi connectivity index (χ1v) is 5.72. The van der Waals surface area contributed by atoms with Crippen LogP contribution in [0, 0.1) is 6.92 Å². The van der Waals surface area contributed by atoms with Crippen molar-refractivity contribution in [1.29, 1.82) is 0 Å². The fourth-order valence-corrected chi connectivity index (χ4v) is 1.87. The number of pyridine rings is 1. The van der Waals surface area contributed by atoms with Gasteiger partial charge in [0.05, 0.1) is 5.69 Å². The van der Waals surface area contributed by atoms with E-state index in [-0.39, 0.29) is 0 Å². The van der Waals surface area contributed by atoms with Crippen molar-refractivity contribution < 1.29 is 0 Å². The second kappa shape index (κ2) is 4.09. The summed E-state index contributed by atoms with van der Waals surface area (Å²) < 4.78 is 0. The van der Waals surface area contributed by atoms with Gasteiger partial charge in [-0.15, -0.1) is 0 Å². The summed E-state index contributed by atoms with van der Waals surface area (Å²) >= 11 is 0. The molecule has 2 rings (SSSR count). The highest BCUT2D eigenvalue weighted by molar-refractivity contribution is 5.63. The van der Waals surface area contributed by atoms with Gasteiger partial charge in [0.15, 0.2) is 5.82 Å². The average Bonchev–Trinajstić information content (AvgIpc) is 3.02. The third-order valence-electron chi connectivity index (χ3n) is 2.77. The van der Waals surface area contributed by atoms with Crippen molar-refractivity contribution in [2.75, 3.05) is 17.2 Å². The summed E-state index contributed by atoms with van der Waals surface area (Å²) in [6.45, 7) is 5.27. The van der Waals surface area contributed by atoms with Crippen LogP contribution in [-0.4, -0.2) is 17.6 Å². The zero-order valence-electron chi connectivity index (χ0n) is 9.53. The molecule has 0 spiro atoms. The van der Waals surface area contributed by atoms with Gasteiger partial charge >= 0.3 is 0 Å². The molecule has 0 atom stereocenters. The molecule has 0 saturated heterocycles. The number of anilines is 2. The molecule has 82 valence electrons. The number of nitrogens with zero attached hydrogens (tertiary/aromatic N) is 2. The van der Waals surface area contributed by atoms with Crippen molar-refractivity contribution in [1.82, 2.24) is 4.98 Å². The van der Waals surface area contributed by atoms with Crippen LogP contribution in [0.5, 0.6) is 0 Å². The van der Waals surface area contributed by atoms with Crippen molar-refractivity contribution in [2.45, 2.75) is 39.2 Å². The molecule has 0 radical (unpaired) electrons. The summed E-state index contributed by atoms with van der Waals surface area (Å²) in [5.74, 6) is 0.986. The number of hydrogen-bond acceptors (Lipinski definition) is 3. The van der Waals surface area contributed by atoms with Crippen molar-refractivity contribution >= 4 is 11.5 Å². The van der Waals surface area contributed by atoms with Gasteiger partial charge in [-0.1, -0.05) is 6.92 Å². The Kier molecular flexibility index (Phi) is 2.80. The Hall–Kier alpha value is -1.25. The normalized spacial score (nSPS) is 15.3. The summed E-state index contributed by atoms with van der Waals surface area (Å²) in [5.41, 5.74) is 7.83. The molecule has 1 fully saturated rings. The first-order valence-electron chi connectivity index (χ1n) is 5.72. The minimum atomic E-state index is 0.682. The Labute approximate surface area is 91.3 Å². The molecule has 0 aliphatic heterocycles. The molecule has 1 saturated carbocycles. The van der Waals surface area contributed by atoms with Gasteiger partial charge < -0.3 is 10.6 Å². The predicted molar refractivity (Wildman–Crippen MR) is 64.0 cm³/mol. The molecular formula is C12H19N3. The summed E-state index contributed by atoms with van der Waals surface area (Å²) in [5, 5.41) is 0. The monoisotopic (exact) mass is 205 g/mol. The number of rotatable bonds is 4. The summed E-state index contributed by atoms with van der Waals surface area (Å²) in [6.07, 6.45) is 3.72. The molecule has 0 aromatic carbocycles. The lowest BCUT2D eigenvalue weighted by atomic mass is 10.3. The van der Waals surface area contributed by atoms with Crippen molar-refractivity contribution in [3.8, 4) is 0 Å². The smallest absolute Gasteiger partial charge is 0.152 e. The third kappa shape index (κ3) is 2.22. The molecule has 0 bridgehead atoms. The van der Waals surface area contributed by atoms with Crippen LogP contribution >= 0.6 is 0 Å². The first kappa shape index (κ1) is 10.3. The quantitative estimate of drug-likeness (QED) is 0.820. The molecule has 1 heterocycles. The van der Waals surface area contributed by atoms with E-state index in [1.54, 1.807) is 0 Å². The maximum Gasteiger partial charge on any atom is 0.152 e. The predicted octanol–water partition coefficient (Wildman–Crippen LogP) is 2.35. The molecule has 1 aliphatic carbocycles. The Balaban J connectivity index is 2.27. The van der Waals surface area contributed by atoms with Crippen LogP contribution in [-0.2, 0) is 0 Å². The Morgan fingerprint density at radius 1 is 1.47 bits per heavy atom. The maximum atomic E-state index is 5.98. The van der Waals surface area contributed by atoms with E-state index in [2.05, 4.69) is 16.8 Å². The molecule has 3 heteroatoms. The van der Waals surface area contributed by atoms with E-state index >= 15 is 0 Å². The minimum Gasteiger partial charge on any atom is -0.396 e. The van der Waals surface area contributed by atoms with Gasteiger partial charge in [-0.05, 0) is 38.3 Å². The highest BCUT2D eigenvalue weighted by Gasteiger charge is 2.30. The molecular weight excluding hydrogens is 186 g/mol. The van der Waals surface area contributed by atoms with E-state index in [0.29, 0.717) is 6.04 Å². The van der Waals surface area contributed by atoms with Gasteiger partial charge in [-0.25, -0.2) is 4.98 Å². The number of aromatic nitrogens is 1. The molecule has 0 amide bonds. The van der Waals surface area contributed by atoms with E-state index in [1.807, 2.05) is 19.1 Å². The lowest BCUT2D eigenvalue weighted by molar-refractivity contribution is 0.750. The van der Waals surface area contributed by atoms with E-state index < -0.39 is 0 Å². The maximum absolute atomic E-state index is 5.98. The Morgan fingerprint density at radius 2 is 2.20 bits per heavy atom. The van der Waals surface area contributed by atoms with Gasteiger partial charge in [0.2, 0.25) is 0 Å². The molecule has 1 aromatic heterocycles. The van der Waals surface area contributed by atoms with Crippen LogP contribution in [0.15, 0.2) is 12.1 Å². The van der Waals surface area contributed by atoms with E-state index in [1.165, 1.54) is 12.8 Å². The molecule has 2 N–H and O–H groups in total. The van der Waals surface area contributed by atoms with Gasteiger partial charge in [0.25, 0.3) is 0 Å². The van der Waals surface area contributed by atoms with E-state index in [4.69, 9.17) is 5.73 Å². The van der Waals surface area contributed by atoms with Crippen LogP contribution in [0.1, 0.15) is 31.9 Å². The summed E-state index contributed by atoms with van der Waals surface area (Å²) in [7, 11) is 0. The second-order valence-corrected chi connectivity index (χ2v) is 4.29. The van der Waals surface area contributed by atoms with Gasteiger partial charge in [0.1, 0.15) is 0 Å². The van der Waals surface area contributed by atoms with Gasteiger partial charge in [-0.2, -0.15) is 0 Å². The zero-order chi connectivity index (χ0) is 10.8. The minimum absolute atomic E-state index is 0.682. The van der Waals surface area contributed by atoms with Crippen LogP contribution in [0.4, 0.5) is 11.5 Å². The number of hydrogen-bond donors (Lipinski definition) is 1. The molecule has 15 heavy (non-hydrogen) atoms. The van der Waals surface area contributed by atoms with Crippen molar-refractivity contribution in [3.05, 3.63) is 17.8 Å². The lowest BCUT2D eigenvalue weighted by Gasteiger charge is -2.24. The highest BCUT2D eigenvalue weighted by Crippen LogP contribution is 2.33. The van der Waals surface area contributed by atoms with Crippen molar-refractivity contribution in [3.63, 3.8) is 0 Å². The van der Waals surface area contributed by atoms with Gasteiger partial charge in [-0.3, -0.25) is 0 Å². The third-order valence-corrected chi connectivity index (χ3v) is 2.77. The highest BCUT2D eigenvalue weighted by atomic mass is 15.2. The largest absolute Gasteiger partial charge is 0.396 e. The van der Waals surface area contributed by atoms with Crippen LogP contribution in [0.3, 0.4) is 0 Å². The zero-order valence-corrected chi connectivity index (χ0v) is 9.53. The Bertz CT molecular complexity index is 345. The van der Waals surface area contributed by atoms with Crippen molar-refractivity contribution in [2.24, 2.45) is 0 Å². The Morgan fingerprint density at radius 3 is 2.80 bits per heavy atom. The van der Waals surface area contributed by atoms with E-state index in [0.717, 1.165) is 30.2 Å². The average molecular weight is 205 g/mol. The topological polar surface area (TPSA) is 42.2 Å². The van der Waals surface area contributed by atoms with Gasteiger partial charge in [0, 0.05) is 18.3 Å². The van der Waals surface area contributed by atoms with Crippen LogP contribution in [0.2, 0.25) is 0 Å². The van der Waals surface area contributed by atoms with E-state index in [9.17, 15) is 0 Å².